The van der Waals surface area contributed by atoms with Crippen LogP contribution in [-0.4, -0.2) is 53.6 Å². The number of β-amino-alcohol motifs (C(OH)–C–C–N with tert-alkyl or cyclic N) is 1. The Labute approximate surface area is 105 Å². The molecule has 0 saturated carbocycles. The molecule has 0 aliphatic carbocycles. The van der Waals surface area contributed by atoms with Gasteiger partial charge in [-0.2, -0.15) is 8.78 Å². The number of carbonyl (C=O) groups excluding carboxylic acids is 1. The highest BCUT2D eigenvalue weighted by Gasteiger charge is 2.37. The first-order valence-corrected chi connectivity index (χ1v) is 5.76. The molecule has 0 aromatic rings. The summed E-state index contributed by atoms with van der Waals surface area (Å²) in [4.78, 5) is 13.0. The van der Waals surface area contributed by atoms with Gasteiger partial charge in [0.1, 0.15) is 5.60 Å². The highest BCUT2D eigenvalue weighted by molar-refractivity contribution is 5.69. The molecule has 0 radical (unpaired) electrons. The number of likely N-dealkylation sites (tertiary alicyclic amines) is 1. The number of carbonyl (C=O) groups is 1. The molecule has 1 aliphatic heterocycles. The second-order valence-corrected chi connectivity index (χ2v) is 5.27. The summed E-state index contributed by atoms with van der Waals surface area (Å²) in [7, 11) is 0. The van der Waals surface area contributed by atoms with Gasteiger partial charge in [-0.25, -0.2) is 4.79 Å². The lowest BCUT2D eigenvalue weighted by Crippen LogP contribution is -2.42. The van der Waals surface area contributed by atoms with Crippen molar-refractivity contribution in [1.82, 2.24) is 4.90 Å². The summed E-state index contributed by atoms with van der Waals surface area (Å²) in [6.07, 6.45) is -1.14. The van der Waals surface area contributed by atoms with E-state index in [2.05, 4.69) is 4.74 Å². The van der Waals surface area contributed by atoms with E-state index in [0.29, 0.717) is 0 Å². The molecule has 1 heterocycles. The van der Waals surface area contributed by atoms with Gasteiger partial charge in [0, 0.05) is 0 Å². The van der Waals surface area contributed by atoms with Crippen LogP contribution in [0.25, 0.3) is 0 Å². The Balaban J connectivity index is 2.58. The van der Waals surface area contributed by atoms with Crippen LogP contribution in [0.15, 0.2) is 0 Å². The zero-order chi connectivity index (χ0) is 13.9. The Bertz CT molecular complexity index is 293. The number of aliphatic hydroxyl groups excluding tert-OH is 1. The largest absolute Gasteiger partial charge is 0.444 e. The van der Waals surface area contributed by atoms with Crippen LogP contribution in [0, 0.1) is 0 Å². The molecule has 0 aromatic heterocycles. The lowest BCUT2D eigenvalue weighted by Gasteiger charge is -2.28. The minimum absolute atomic E-state index is 0.0756. The monoisotopic (exact) mass is 267 g/mol. The SMILES string of the molecule is CC(C)(C)OC(=O)N1C[C@H](O)C[C@@H]1COC(F)F. The smallest absolute Gasteiger partial charge is 0.410 e. The number of hydrogen-bond acceptors (Lipinski definition) is 4. The van der Waals surface area contributed by atoms with Crippen LogP contribution in [0.1, 0.15) is 27.2 Å². The number of halogens is 2. The first kappa shape index (κ1) is 15.1. The van der Waals surface area contributed by atoms with Gasteiger partial charge >= 0.3 is 12.7 Å². The first-order valence-electron chi connectivity index (χ1n) is 5.76. The Kier molecular flexibility index (Phi) is 4.86. The molecule has 1 fully saturated rings. The third-order valence-electron chi connectivity index (χ3n) is 2.43. The van der Waals surface area contributed by atoms with Gasteiger partial charge in [0.25, 0.3) is 0 Å². The highest BCUT2D eigenvalue weighted by Crippen LogP contribution is 2.22. The molecule has 0 spiro atoms. The molecule has 106 valence electrons. The van der Waals surface area contributed by atoms with E-state index in [1.165, 1.54) is 4.90 Å². The summed E-state index contributed by atoms with van der Waals surface area (Å²) in [5, 5.41) is 9.49. The second kappa shape index (κ2) is 5.79. The van der Waals surface area contributed by atoms with E-state index >= 15 is 0 Å². The minimum Gasteiger partial charge on any atom is -0.444 e. The molecule has 1 amide bonds. The van der Waals surface area contributed by atoms with Crippen LogP contribution in [0.5, 0.6) is 0 Å². The van der Waals surface area contributed by atoms with E-state index in [4.69, 9.17) is 4.74 Å². The van der Waals surface area contributed by atoms with Crippen molar-refractivity contribution in [2.45, 2.75) is 51.6 Å². The molecule has 0 aromatic carbocycles. The minimum atomic E-state index is -2.89. The van der Waals surface area contributed by atoms with Crippen LogP contribution in [0.3, 0.4) is 0 Å². The number of aliphatic hydroxyl groups is 1. The number of amides is 1. The van der Waals surface area contributed by atoms with E-state index < -0.39 is 30.5 Å². The standard InChI is InChI=1S/C11H19F2NO4/c1-11(2,3)18-10(16)14-5-8(15)4-7(14)6-17-9(12)13/h7-9,15H,4-6H2,1-3H3/t7-,8-/m1/s1. The normalized spacial score (nSPS) is 24.7. The molecule has 0 bridgehead atoms. The number of hydrogen-bond donors (Lipinski definition) is 1. The van der Waals surface area contributed by atoms with E-state index in [9.17, 15) is 18.7 Å². The molecule has 1 saturated heterocycles. The molecule has 0 unspecified atom stereocenters. The molecule has 2 atom stereocenters. The predicted octanol–water partition coefficient (Wildman–Crippen LogP) is 1.60. The zero-order valence-electron chi connectivity index (χ0n) is 10.7. The van der Waals surface area contributed by atoms with Crippen molar-refractivity contribution in [3.8, 4) is 0 Å². The highest BCUT2D eigenvalue weighted by atomic mass is 19.3. The Morgan fingerprint density at radius 2 is 2.11 bits per heavy atom. The van der Waals surface area contributed by atoms with Crippen LogP contribution in [-0.2, 0) is 9.47 Å². The van der Waals surface area contributed by atoms with Gasteiger partial charge in [0.2, 0.25) is 0 Å². The number of nitrogens with zero attached hydrogens (tertiary/aromatic N) is 1. The van der Waals surface area contributed by atoms with Crippen molar-refractivity contribution in [3.05, 3.63) is 0 Å². The van der Waals surface area contributed by atoms with Crippen LogP contribution >= 0.6 is 0 Å². The summed E-state index contributed by atoms with van der Waals surface area (Å²) >= 11 is 0. The maximum atomic E-state index is 12.0. The van der Waals surface area contributed by atoms with Gasteiger partial charge < -0.3 is 19.5 Å². The topological polar surface area (TPSA) is 59.0 Å². The molecule has 1 aliphatic rings. The molecule has 7 heteroatoms. The van der Waals surface area contributed by atoms with Crippen LogP contribution in [0.2, 0.25) is 0 Å². The Morgan fingerprint density at radius 1 is 1.50 bits per heavy atom. The van der Waals surface area contributed by atoms with Crippen molar-refractivity contribution in [2.75, 3.05) is 13.2 Å². The van der Waals surface area contributed by atoms with Gasteiger partial charge in [0.15, 0.2) is 0 Å². The zero-order valence-corrected chi connectivity index (χ0v) is 10.7. The third kappa shape index (κ3) is 4.73. The molecular formula is C11H19F2NO4. The summed E-state index contributed by atoms with van der Waals surface area (Å²) in [5.74, 6) is 0. The van der Waals surface area contributed by atoms with Crippen molar-refractivity contribution in [2.24, 2.45) is 0 Å². The van der Waals surface area contributed by atoms with Crippen molar-refractivity contribution >= 4 is 6.09 Å². The quantitative estimate of drug-likeness (QED) is 0.843. The molecule has 18 heavy (non-hydrogen) atoms. The third-order valence-corrected chi connectivity index (χ3v) is 2.43. The maximum absolute atomic E-state index is 12.0. The Morgan fingerprint density at radius 3 is 2.61 bits per heavy atom. The van der Waals surface area contributed by atoms with Gasteiger partial charge in [-0.3, -0.25) is 0 Å². The van der Waals surface area contributed by atoms with E-state index in [1.807, 2.05) is 0 Å². The fourth-order valence-electron chi connectivity index (χ4n) is 1.78. The van der Waals surface area contributed by atoms with Gasteiger partial charge in [0.05, 0.1) is 25.3 Å². The molecule has 1 rings (SSSR count). The molecule has 5 nitrogen and oxygen atoms in total. The van der Waals surface area contributed by atoms with Gasteiger partial charge in [-0.05, 0) is 27.2 Å². The maximum Gasteiger partial charge on any atom is 0.410 e. The average molecular weight is 267 g/mol. The van der Waals surface area contributed by atoms with E-state index in [-0.39, 0.29) is 19.6 Å². The van der Waals surface area contributed by atoms with Gasteiger partial charge in [-0.1, -0.05) is 0 Å². The van der Waals surface area contributed by atoms with E-state index in [0.717, 1.165) is 0 Å². The number of alkyl halides is 2. The second-order valence-electron chi connectivity index (χ2n) is 5.27. The van der Waals surface area contributed by atoms with Gasteiger partial charge in [-0.15, -0.1) is 0 Å². The fraction of sp³-hybridized carbons (Fsp3) is 0.909. The summed E-state index contributed by atoms with van der Waals surface area (Å²) in [6.45, 7) is 2.01. The Hall–Kier alpha value is -0.950. The molecular weight excluding hydrogens is 248 g/mol. The average Bonchev–Trinajstić information content (AvgIpc) is 2.54. The summed E-state index contributed by atoms with van der Waals surface area (Å²) in [6, 6.07) is -0.580. The molecule has 1 N–H and O–H groups in total. The fourth-order valence-corrected chi connectivity index (χ4v) is 1.78. The summed E-state index contributed by atoms with van der Waals surface area (Å²) < 4.78 is 33.3. The van der Waals surface area contributed by atoms with Crippen molar-refractivity contribution in [1.29, 1.82) is 0 Å². The lowest BCUT2D eigenvalue weighted by molar-refractivity contribution is -0.138. The van der Waals surface area contributed by atoms with Crippen molar-refractivity contribution < 1.29 is 28.2 Å². The number of ether oxygens (including phenoxy) is 2. The first-order chi connectivity index (χ1) is 8.19. The lowest BCUT2D eigenvalue weighted by atomic mass is 10.2. The predicted molar refractivity (Wildman–Crippen MR) is 59.3 cm³/mol. The van der Waals surface area contributed by atoms with Crippen LogP contribution in [0.4, 0.5) is 13.6 Å². The number of rotatable bonds is 3. The van der Waals surface area contributed by atoms with Crippen molar-refractivity contribution in [3.63, 3.8) is 0 Å². The van der Waals surface area contributed by atoms with E-state index in [1.54, 1.807) is 20.8 Å². The van der Waals surface area contributed by atoms with Crippen LogP contribution < -0.4 is 0 Å². The summed E-state index contributed by atoms with van der Waals surface area (Å²) in [5.41, 5.74) is -0.668.